The molecular formula is C9H19N5O2. The van der Waals surface area contributed by atoms with E-state index < -0.39 is 11.4 Å². The van der Waals surface area contributed by atoms with E-state index in [1.807, 2.05) is 0 Å². The van der Waals surface area contributed by atoms with Gasteiger partial charge in [-0.2, -0.15) is 0 Å². The van der Waals surface area contributed by atoms with Crippen molar-refractivity contribution in [3.05, 3.63) is 10.4 Å². The van der Waals surface area contributed by atoms with Crippen molar-refractivity contribution in [3.8, 4) is 0 Å². The maximum Gasteiger partial charge on any atom is 0.237 e. The first-order valence-electron chi connectivity index (χ1n) is 5.11. The van der Waals surface area contributed by atoms with Gasteiger partial charge in [0.25, 0.3) is 0 Å². The van der Waals surface area contributed by atoms with Crippen LogP contribution < -0.4 is 11.1 Å². The zero-order valence-electron chi connectivity index (χ0n) is 9.77. The molecular weight excluding hydrogens is 210 g/mol. The van der Waals surface area contributed by atoms with Crippen LogP contribution >= 0.6 is 0 Å². The third-order valence-electron chi connectivity index (χ3n) is 2.36. The van der Waals surface area contributed by atoms with Crippen LogP contribution in [0.3, 0.4) is 0 Å². The van der Waals surface area contributed by atoms with Crippen molar-refractivity contribution in [2.75, 3.05) is 26.8 Å². The van der Waals surface area contributed by atoms with Gasteiger partial charge >= 0.3 is 0 Å². The highest BCUT2D eigenvalue weighted by Gasteiger charge is 2.29. The molecule has 92 valence electrons. The van der Waals surface area contributed by atoms with Crippen LogP contribution in [0.1, 0.15) is 19.8 Å². The summed E-state index contributed by atoms with van der Waals surface area (Å²) in [6.07, 6.45) is 1.18. The highest BCUT2D eigenvalue weighted by molar-refractivity contribution is 5.84. The molecule has 0 aliphatic carbocycles. The molecule has 0 aliphatic heterocycles. The maximum absolute atomic E-state index is 11.3. The normalized spacial score (nSPS) is 13.9. The molecule has 7 nitrogen and oxygen atoms in total. The Bertz CT molecular complexity index is 265. The van der Waals surface area contributed by atoms with Crippen LogP contribution in [0.4, 0.5) is 0 Å². The van der Waals surface area contributed by atoms with Gasteiger partial charge in [-0.05, 0) is 31.8 Å². The average Bonchev–Trinajstić information content (AvgIpc) is 2.26. The van der Waals surface area contributed by atoms with E-state index in [2.05, 4.69) is 15.3 Å². The second kappa shape index (κ2) is 7.92. The Morgan fingerprint density at radius 1 is 1.69 bits per heavy atom. The fourth-order valence-corrected chi connectivity index (χ4v) is 1.16. The van der Waals surface area contributed by atoms with Crippen LogP contribution in [0, 0.1) is 0 Å². The van der Waals surface area contributed by atoms with Crippen LogP contribution in [-0.4, -0.2) is 38.3 Å². The highest BCUT2D eigenvalue weighted by Crippen LogP contribution is 2.08. The lowest BCUT2D eigenvalue weighted by atomic mass is 9.97. The number of azide groups is 1. The molecule has 0 aromatic carbocycles. The molecule has 0 rings (SSSR count). The summed E-state index contributed by atoms with van der Waals surface area (Å²) in [4.78, 5) is 13.9. The summed E-state index contributed by atoms with van der Waals surface area (Å²) in [5.74, 6) is -0.409. The Morgan fingerprint density at radius 2 is 2.38 bits per heavy atom. The lowest BCUT2D eigenvalue weighted by Crippen LogP contribution is -2.54. The summed E-state index contributed by atoms with van der Waals surface area (Å²) < 4.78 is 4.92. The Labute approximate surface area is 95.0 Å². The number of carbonyl (C=O) groups is 1. The van der Waals surface area contributed by atoms with Crippen molar-refractivity contribution < 1.29 is 9.53 Å². The minimum absolute atomic E-state index is 0.405. The van der Waals surface area contributed by atoms with Gasteiger partial charge in [0.15, 0.2) is 0 Å². The van der Waals surface area contributed by atoms with E-state index in [-0.39, 0.29) is 0 Å². The van der Waals surface area contributed by atoms with E-state index in [1.54, 1.807) is 14.0 Å². The minimum Gasteiger partial charge on any atom is -0.385 e. The predicted octanol–water partition coefficient (Wildman–Crippen LogP) is 0.557. The predicted molar refractivity (Wildman–Crippen MR) is 60.7 cm³/mol. The number of nitrogens with two attached hydrogens (primary N) is 1. The number of hydrogen-bond donors (Lipinski definition) is 2. The summed E-state index contributed by atoms with van der Waals surface area (Å²) >= 11 is 0. The molecule has 0 fully saturated rings. The first-order chi connectivity index (χ1) is 7.56. The number of ether oxygens (including phenoxy) is 1. The molecule has 0 saturated carbocycles. The van der Waals surface area contributed by atoms with Gasteiger partial charge < -0.3 is 15.8 Å². The third-order valence-corrected chi connectivity index (χ3v) is 2.36. The SMILES string of the molecule is COCCC(C)(NCCCN=[N+]=[N-])C(N)=O. The fraction of sp³-hybridized carbons (Fsp3) is 0.889. The van der Waals surface area contributed by atoms with Gasteiger partial charge in [0.05, 0.1) is 5.54 Å². The van der Waals surface area contributed by atoms with Gasteiger partial charge in [0.2, 0.25) is 5.91 Å². The van der Waals surface area contributed by atoms with Crippen LogP contribution in [0.2, 0.25) is 0 Å². The van der Waals surface area contributed by atoms with Gasteiger partial charge in [-0.25, -0.2) is 0 Å². The van der Waals surface area contributed by atoms with Gasteiger partial charge in [-0.1, -0.05) is 5.11 Å². The molecule has 0 spiro atoms. The van der Waals surface area contributed by atoms with Crippen LogP contribution in [-0.2, 0) is 9.53 Å². The average molecular weight is 229 g/mol. The number of hydrogen-bond acceptors (Lipinski definition) is 4. The maximum atomic E-state index is 11.3. The molecule has 0 aromatic heterocycles. The number of nitrogens with one attached hydrogen (secondary N) is 1. The molecule has 1 atom stereocenters. The van der Waals surface area contributed by atoms with Crippen molar-refractivity contribution in [3.63, 3.8) is 0 Å². The smallest absolute Gasteiger partial charge is 0.237 e. The van der Waals surface area contributed by atoms with Gasteiger partial charge in [-0.3, -0.25) is 4.79 Å². The van der Waals surface area contributed by atoms with Gasteiger partial charge in [0, 0.05) is 25.2 Å². The van der Waals surface area contributed by atoms with E-state index in [4.69, 9.17) is 16.0 Å². The van der Waals surface area contributed by atoms with E-state index in [0.717, 1.165) is 0 Å². The van der Waals surface area contributed by atoms with Crippen LogP contribution in [0.5, 0.6) is 0 Å². The van der Waals surface area contributed by atoms with Gasteiger partial charge in [-0.15, -0.1) is 0 Å². The van der Waals surface area contributed by atoms with Crippen LogP contribution in [0.15, 0.2) is 5.11 Å². The van der Waals surface area contributed by atoms with Crippen molar-refractivity contribution in [2.45, 2.75) is 25.3 Å². The molecule has 0 aromatic rings. The molecule has 1 unspecified atom stereocenters. The number of rotatable bonds is 9. The molecule has 0 saturated heterocycles. The standard InChI is InChI=1S/C9H19N5O2/c1-9(8(10)15,4-7-16-2)12-5-3-6-13-14-11/h12H,3-7H2,1-2H3,(H2,10,15). The quantitative estimate of drug-likeness (QED) is 0.260. The van der Waals surface area contributed by atoms with E-state index >= 15 is 0 Å². The molecule has 1 amide bonds. The molecule has 0 radical (unpaired) electrons. The zero-order valence-corrected chi connectivity index (χ0v) is 9.77. The molecule has 0 aliphatic rings. The molecule has 0 bridgehead atoms. The molecule has 16 heavy (non-hydrogen) atoms. The molecule has 0 heterocycles. The summed E-state index contributed by atoms with van der Waals surface area (Å²) in [6.45, 7) is 3.18. The van der Waals surface area contributed by atoms with Crippen molar-refractivity contribution in [1.29, 1.82) is 0 Å². The van der Waals surface area contributed by atoms with E-state index in [0.29, 0.717) is 32.5 Å². The summed E-state index contributed by atoms with van der Waals surface area (Å²) in [7, 11) is 1.57. The summed E-state index contributed by atoms with van der Waals surface area (Å²) in [5.41, 5.74) is 12.6. The number of methoxy groups -OCH3 is 1. The number of primary amides is 1. The Kier molecular flexibility index (Phi) is 7.28. The monoisotopic (exact) mass is 229 g/mol. The van der Waals surface area contributed by atoms with E-state index in [9.17, 15) is 4.79 Å². The first kappa shape index (κ1) is 14.7. The topological polar surface area (TPSA) is 113 Å². The largest absolute Gasteiger partial charge is 0.385 e. The van der Waals surface area contributed by atoms with Crippen LogP contribution in [0.25, 0.3) is 10.4 Å². The summed E-state index contributed by atoms with van der Waals surface area (Å²) in [6, 6.07) is 0. The number of nitrogens with zero attached hydrogens (tertiary/aromatic N) is 3. The number of amides is 1. The zero-order chi connectivity index (χ0) is 12.4. The molecule has 3 N–H and O–H groups in total. The van der Waals surface area contributed by atoms with Crippen molar-refractivity contribution in [2.24, 2.45) is 10.8 Å². The second-order valence-electron chi connectivity index (χ2n) is 3.67. The minimum atomic E-state index is -0.771. The Morgan fingerprint density at radius 3 is 2.88 bits per heavy atom. The first-order valence-corrected chi connectivity index (χ1v) is 5.11. The molecule has 7 heteroatoms. The highest BCUT2D eigenvalue weighted by atomic mass is 16.5. The van der Waals surface area contributed by atoms with Crippen molar-refractivity contribution >= 4 is 5.91 Å². The number of carbonyl (C=O) groups excluding carboxylic acids is 1. The fourth-order valence-electron chi connectivity index (χ4n) is 1.16. The van der Waals surface area contributed by atoms with Gasteiger partial charge in [0.1, 0.15) is 0 Å². The van der Waals surface area contributed by atoms with Crippen molar-refractivity contribution in [1.82, 2.24) is 5.32 Å². The third kappa shape index (κ3) is 5.55. The Hall–Kier alpha value is -1.30. The van der Waals surface area contributed by atoms with E-state index in [1.165, 1.54) is 0 Å². The lowest BCUT2D eigenvalue weighted by molar-refractivity contribution is -0.124. The Balaban J connectivity index is 4.02. The second-order valence-corrected chi connectivity index (χ2v) is 3.67. The lowest BCUT2D eigenvalue weighted by Gasteiger charge is -2.27. The summed E-state index contributed by atoms with van der Waals surface area (Å²) in [5, 5.41) is 6.45.